The normalized spacial score (nSPS) is 11.1. The van der Waals surface area contributed by atoms with Gasteiger partial charge in [0.2, 0.25) is 17.7 Å². The molecule has 0 saturated heterocycles. The summed E-state index contributed by atoms with van der Waals surface area (Å²) in [4.78, 5) is 47.5. The molecule has 0 spiro atoms. The number of aromatic nitrogens is 5. The lowest BCUT2D eigenvalue weighted by Crippen LogP contribution is -2.30. The van der Waals surface area contributed by atoms with Gasteiger partial charge in [0.15, 0.2) is 5.82 Å². The summed E-state index contributed by atoms with van der Waals surface area (Å²) in [7, 11) is 9.23. The van der Waals surface area contributed by atoms with Crippen LogP contribution in [0.2, 0.25) is 0 Å². The summed E-state index contributed by atoms with van der Waals surface area (Å²) in [6.07, 6.45) is 7.60. The van der Waals surface area contributed by atoms with Gasteiger partial charge in [0.25, 0.3) is 0 Å². The van der Waals surface area contributed by atoms with Crippen LogP contribution in [0.1, 0.15) is 24.2 Å². The third-order valence-electron chi connectivity index (χ3n) is 6.49. The highest BCUT2D eigenvalue weighted by Crippen LogP contribution is 2.36. The highest BCUT2D eigenvalue weighted by Gasteiger charge is 2.23. The number of anilines is 4. The quantitative estimate of drug-likeness (QED) is 0.184. The van der Waals surface area contributed by atoms with E-state index in [1.165, 1.54) is 19.4 Å². The lowest BCUT2D eigenvalue weighted by Gasteiger charge is -2.24. The van der Waals surface area contributed by atoms with Crippen molar-refractivity contribution in [3.8, 4) is 17.1 Å². The average molecular weight is 588 g/mol. The average Bonchev–Trinajstić information content (AvgIpc) is 3.31. The van der Waals surface area contributed by atoms with Crippen molar-refractivity contribution >= 4 is 45.9 Å². The SMILES string of the molecule is C=CC(=O)Nc1cc(Nc2ncc(C(=O)OC(C)C)c(-c3cn(C)c4cnccc34)n2)c(OC)nc1N(C)CCN(C)C. The van der Waals surface area contributed by atoms with Gasteiger partial charge < -0.3 is 34.5 Å². The molecule has 0 aliphatic carbocycles. The van der Waals surface area contributed by atoms with Gasteiger partial charge in [0, 0.05) is 56.7 Å². The van der Waals surface area contributed by atoms with Crippen LogP contribution in [0, 0.1) is 0 Å². The number of nitrogens with one attached hydrogen (secondary N) is 2. The number of likely N-dealkylation sites (N-methyl/N-ethyl adjacent to an activating group) is 2. The van der Waals surface area contributed by atoms with E-state index in [-0.39, 0.29) is 23.5 Å². The Kier molecular flexibility index (Phi) is 9.56. The van der Waals surface area contributed by atoms with Crippen LogP contribution in [0.3, 0.4) is 0 Å². The fraction of sp³-hybridized carbons (Fsp3) is 0.333. The summed E-state index contributed by atoms with van der Waals surface area (Å²) in [5, 5.41) is 6.85. The number of nitrogens with zero attached hydrogens (tertiary/aromatic N) is 7. The van der Waals surface area contributed by atoms with Crippen LogP contribution in [-0.2, 0) is 16.6 Å². The molecule has 13 nitrogen and oxygen atoms in total. The van der Waals surface area contributed by atoms with E-state index in [4.69, 9.17) is 14.5 Å². The topological polar surface area (TPSA) is 140 Å². The Morgan fingerprint density at radius 2 is 1.91 bits per heavy atom. The first-order valence-corrected chi connectivity index (χ1v) is 13.6. The number of esters is 1. The van der Waals surface area contributed by atoms with Gasteiger partial charge in [-0.3, -0.25) is 9.78 Å². The van der Waals surface area contributed by atoms with Gasteiger partial charge >= 0.3 is 5.97 Å². The number of aryl methyl sites for hydroxylation is 1. The number of fused-ring (bicyclic) bond motifs is 1. The van der Waals surface area contributed by atoms with Crippen LogP contribution in [0.15, 0.2) is 49.6 Å². The molecule has 0 aromatic carbocycles. The third-order valence-corrected chi connectivity index (χ3v) is 6.49. The van der Waals surface area contributed by atoms with Crippen molar-refractivity contribution < 1.29 is 19.1 Å². The van der Waals surface area contributed by atoms with E-state index in [9.17, 15) is 9.59 Å². The second kappa shape index (κ2) is 13.3. The van der Waals surface area contributed by atoms with Gasteiger partial charge in [0.05, 0.1) is 36.3 Å². The maximum Gasteiger partial charge on any atom is 0.342 e. The lowest BCUT2D eigenvalue weighted by molar-refractivity contribution is -0.111. The van der Waals surface area contributed by atoms with E-state index in [1.54, 1.807) is 32.3 Å². The van der Waals surface area contributed by atoms with E-state index in [0.717, 1.165) is 17.4 Å². The van der Waals surface area contributed by atoms with Crippen LogP contribution >= 0.6 is 0 Å². The predicted molar refractivity (Wildman–Crippen MR) is 167 cm³/mol. The molecule has 13 heteroatoms. The third kappa shape index (κ3) is 7.07. The van der Waals surface area contributed by atoms with Crippen LogP contribution in [0.4, 0.5) is 23.1 Å². The van der Waals surface area contributed by atoms with Crippen molar-refractivity contribution in [3.05, 3.63) is 55.1 Å². The highest BCUT2D eigenvalue weighted by atomic mass is 16.5. The summed E-state index contributed by atoms with van der Waals surface area (Å²) in [5.41, 5.74) is 3.02. The van der Waals surface area contributed by atoms with E-state index in [2.05, 4.69) is 32.2 Å². The first-order valence-electron chi connectivity index (χ1n) is 13.6. The van der Waals surface area contributed by atoms with Gasteiger partial charge in [-0.15, -0.1) is 0 Å². The van der Waals surface area contributed by atoms with Gasteiger partial charge in [-0.1, -0.05) is 6.58 Å². The number of hydrogen-bond donors (Lipinski definition) is 2. The van der Waals surface area contributed by atoms with Crippen molar-refractivity contribution in [2.75, 3.05) is 56.9 Å². The molecule has 0 bridgehead atoms. The molecule has 4 rings (SSSR count). The molecule has 0 saturated carbocycles. The minimum atomic E-state index is -0.540. The molecule has 0 radical (unpaired) electrons. The maximum atomic E-state index is 13.1. The first kappa shape index (κ1) is 30.9. The molecule has 4 aromatic heterocycles. The minimum absolute atomic E-state index is 0.178. The van der Waals surface area contributed by atoms with E-state index in [1.807, 2.05) is 54.8 Å². The number of ether oxygens (including phenoxy) is 2. The Hall–Kier alpha value is -5.04. The number of pyridine rings is 2. The maximum absolute atomic E-state index is 13.1. The number of hydrogen-bond acceptors (Lipinski definition) is 11. The lowest BCUT2D eigenvalue weighted by atomic mass is 10.1. The van der Waals surface area contributed by atoms with E-state index >= 15 is 0 Å². The molecule has 4 aromatic rings. The molecular weight excluding hydrogens is 550 g/mol. The first-order chi connectivity index (χ1) is 20.5. The molecule has 2 N–H and O–H groups in total. The molecule has 0 unspecified atom stereocenters. The molecule has 43 heavy (non-hydrogen) atoms. The predicted octanol–water partition coefficient (Wildman–Crippen LogP) is 3.87. The van der Waals surface area contributed by atoms with Gasteiger partial charge in [-0.2, -0.15) is 4.98 Å². The molecule has 1 amide bonds. The zero-order valence-electron chi connectivity index (χ0n) is 25.5. The standard InChI is InChI=1S/C30H37N9O4/c1-9-25(40)33-22-14-23(28(42-8)36-27(22)38(6)13-12-37(4)5)34-30-32-15-20(29(41)43-18(2)3)26(35-30)21-17-39(7)24-16-31-11-10-19(21)24/h9-11,14-18H,1,12-13H2,2-8H3,(H,33,40)(H,32,34,35). The number of rotatable bonds is 12. The molecule has 4 heterocycles. The van der Waals surface area contributed by atoms with Crippen LogP contribution in [-0.4, -0.2) is 88.7 Å². The Morgan fingerprint density at radius 3 is 2.58 bits per heavy atom. The molecule has 0 aliphatic rings. The highest BCUT2D eigenvalue weighted by molar-refractivity contribution is 6.03. The van der Waals surface area contributed by atoms with Crippen molar-refractivity contribution in [2.24, 2.45) is 7.05 Å². The van der Waals surface area contributed by atoms with Gasteiger partial charge in [-0.25, -0.2) is 14.8 Å². The largest absolute Gasteiger partial charge is 0.479 e. The molecule has 226 valence electrons. The summed E-state index contributed by atoms with van der Waals surface area (Å²) in [5.74, 6) is 0.0146. The zero-order valence-corrected chi connectivity index (χ0v) is 25.5. The Morgan fingerprint density at radius 1 is 1.14 bits per heavy atom. The van der Waals surface area contributed by atoms with Crippen molar-refractivity contribution in [1.82, 2.24) is 29.4 Å². The van der Waals surface area contributed by atoms with Crippen molar-refractivity contribution in [3.63, 3.8) is 0 Å². The molecule has 0 fully saturated rings. The number of methoxy groups -OCH3 is 1. The number of amides is 1. The van der Waals surface area contributed by atoms with Crippen LogP contribution in [0.25, 0.3) is 22.2 Å². The summed E-state index contributed by atoms with van der Waals surface area (Å²) >= 11 is 0. The Balaban J connectivity index is 1.82. The van der Waals surface area contributed by atoms with E-state index in [0.29, 0.717) is 35.0 Å². The summed E-state index contributed by atoms with van der Waals surface area (Å²) < 4.78 is 13.0. The van der Waals surface area contributed by atoms with Crippen molar-refractivity contribution in [2.45, 2.75) is 20.0 Å². The molecule has 0 aliphatic heterocycles. The summed E-state index contributed by atoms with van der Waals surface area (Å²) in [6, 6.07) is 3.56. The molecular formula is C30H37N9O4. The van der Waals surface area contributed by atoms with Crippen molar-refractivity contribution in [1.29, 1.82) is 0 Å². The van der Waals surface area contributed by atoms with Gasteiger partial charge in [-0.05, 0) is 46.2 Å². The minimum Gasteiger partial charge on any atom is -0.479 e. The van der Waals surface area contributed by atoms with Gasteiger partial charge in [0.1, 0.15) is 11.3 Å². The second-order valence-corrected chi connectivity index (χ2v) is 10.4. The van der Waals surface area contributed by atoms with Crippen LogP contribution in [0.5, 0.6) is 5.88 Å². The monoisotopic (exact) mass is 587 g/mol. The fourth-order valence-corrected chi connectivity index (χ4v) is 4.37. The Labute approximate surface area is 250 Å². The second-order valence-electron chi connectivity index (χ2n) is 10.4. The number of carbonyl (C=O) groups excluding carboxylic acids is 2. The fourth-order valence-electron chi connectivity index (χ4n) is 4.37. The smallest absolute Gasteiger partial charge is 0.342 e. The zero-order chi connectivity index (χ0) is 31.3. The Bertz CT molecular complexity index is 1650. The van der Waals surface area contributed by atoms with Crippen LogP contribution < -0.4 is 20.3 Å². The summed E-state index contributed by atoms with van der Waals surface area (Å²) in [6.45, 7) is 8.53. The van der Waals surface area contributed by atoms with E-state index < -0.39 is 11.9 Å². The molecule has 0 atom stereocenters. The number of carbonyl (C=O) groups is 2.